The van der Waals surface area contributed by atoms with Crippen molar-refractivity contribution in [3.8, 4) is 0 Å². The highest BCUT2D eigenvalue weighted by Gasteiger charge is 2.32. The third-order valence-electron chi connectivity index (χ3n) is 4.56. The summed E-state index contributed by atoms with van der Waals surface area (Å²) in [5.41, 5.74) is 6.53. The molecule has 4 heteroatoms. The lowest BCUT2D eigenvalue weighted by Crippen LogP contribution is -2.39. The number of amides is 1. The van der Waals surface area contributed by atoms with Crippen molar-refractivity contribution in [2.45, 2.75) is 44.9 Å². The standard InChI is InChI=1S/C17H25FN2O/c18-15-7-3-2-6-14(15)8-11-20-16(21)12-17(13-19)9-4-1-5-10-17/h2-3,6-7H,1,4-5,8-13,19H2,(H,20,21). The third-order valence-corrected chi connectivity index (χ3v) is 4.56. The summed E-state index contributed by atoms with van der Waals surface area (Å²) in [5, 5.41) is 2.90. The smallest absolute Gasteiger partial charge is 0.220 e. The van der Waals surface area contributed by atoms with E-state index in [9.17, 15) is 9.18 Å². The highest BCUT2D eigenvalue weighted by molar-refractivity contribution is 5.76. The summed E-state index contributed by atoms with van der Waals surface area (Å²) in [6, 6.07) is 6.68. The van der Waals surface area contributed by atoms with Crippen molar-refractivity contribution in [1.82, 2.24) is 5.32 Å². The molecule has 21 heavy (non-hydrogen) atoms. The van der Waals surface area contributed by atoms with E-state index < -0.39 is 0 Å². The molecule has 0 bridgehead atoms. The number of benzene rings is 1. The van der Waals surface area contributed by atoms with Crippen molar-refractivity contribution < 1.29 is 9.18 Å². The molecule has 1 aliphatic carbocycles. The maximum Gasteiger partial charge on any atom is 0.220 e. The molecule has 3 N–H and O–H groups in total. The zero-order valence-electron chi connectivity index (χ0n) is 12.5. The van der Waals surface area contributed by atoms with E-state index in [0.29, 0.717) is 31.5 Å². The molecule has 3 nitrogen and oxygen atoms in total. The SMILES string of the molecule is NCC1(CC(=O)NCCc2ccccc2F)CCCCC1. The van der Waals surface area contributed by atoms with Gasteiger partial charge in [-0.25, -0.2) is 4.39 Å². The van der Waals surface area contributed by atoms with Crippen LogP contribution in [0.3, 0.4) is 0 Å². The van der Waals surface area contributed by atoms with Gasteiger partial charge in [0.05, 0.1) is 0 Å². The average molecular weight is 292 g/mol. The Labute approximate surface area is 126 Å². The maximum atomic E-state index is 13.5. The molecule has 116 valence electrons. The molecule has 0 heterocycles. The zero-order chi connectivity index (χ0) is 15.1. The Balaban J connectivity index is 1.78. The Morgan fingerprint density at radius 1 is 1.24 bits per heavy atom. The number of nitrogens with one attached hydrogen (secondary N) is 1. The quantitative estimate of drug-likeness (QED) is 0.847. The van der Waals surface area contributed by atoms with Gasteiger partial charge >= 0.3 is 0 Å². The van der Waals surface area contributed by atoms with E-state index in [0.717, 1.165) is 12.8 Å². The van der Waals surface area contributed by atoms with Crippen molar-refractivity contribution in [2.24, 2.45) is 11.1 Å². The van der Waals surface area contributed by atoms with Crippen molar-refractivity contribution in [3.63, 3.8) is 0 Å². The molecule has 0 aromatic heterocycles. The molecular formula is C17H25FN2O. The van der Waals surface area contributed by atoms with E-state index in [1.165, 1.54) is 25.3 Å². The summed E-state index contributed by atoms with van der Waals surface area (Å²) in [4.78, 5) is 12.1. The van der Waals surface area contributed by atoms with Gasteiger partial charge in [-0.1, -0.05) is 37.5 Å². The molecule has 1 aromatic rings. The van der Waals surface area contributed by atoms with Crippen LogP contribution in [0.4, 0.5) is 4.39 Å². The molecule has 0 aliphatic heterocycles. The summed E-state index contributed by atoms with van der Waals surface area (Å²) in [7, 11) is 0. The van der Waals surface area contributed by atoms with E-state index in [2.05, 4.69) is 5.32 Å². The number of carbonyl (C=O) groups is 1. The monoisotopic (exact) mass is 292 g/mol. The summed E-state index contributed by atoms with van der Waals surface area (Å²) in [5.74, 6) is -0.170. The second-order valence-electron chi connectivity index (χ2n) is 6.13. The van der Waals surface area contributed by atoms with Gasteiger partial charge in [-0.05, 0) is 42.9 Å². The predicted molar refractivity (Wildman–Crippen MR) is 82.3 cm³/mol. The first kappa shape index (κ1) is 16.0. The van der Waals surface area contributed by atoms with Gasteiger partial charge in [0, 0.05) is 13.0 Å². The molecule has 1 aromatic carbocycles. The van der Waals surface area contributed by atoms with Crippen LogP contribution in [0.25, 0.3) is 0 Å². The van der Waals surface area contributed by atoms with Crippen LogP contribution in [0.5, 0.6) is 0 Å². The fourth-order valence-corrected chi connectivity index (χ4v) is 3.20. The van der Waals surface area contributed by atoms with Gasteiger partial charge in [-0.3, -0.25) is 4.79 Å². The van der Waals surface area contributed by atoms with Gasteiger partial charge in [0.1, 0.15) is 5.82 Å². The highest BCUT2D eigenvalue weighted by atomic mass is 19.1. The van der Waals surface area contributed by atoms with Gasteiger partial charge in [-0.2, -0.15) is 0 Å². The number of rotatable bonds is 6. The molecular weight excluding hydrogens is 267 g/mol. The van der Waals surface area contributed by atoms with Crippen LogP contribution in [-0.4, -0.2) is 19.0 Å². The number of carbonyl (C=O) groups excluding carboxylic acids is 1. The van der Waals surface area contributed by atoms with E-state index in [1.54, 1.807) is 12.1 Å². The van der Waals surface area contributed by atoms with Crippen LogP contribution in [0.15, 0.2) is 24.3 Å². The Morgan fingerprint density at radius 2 is 1.95 bits per heavy atom. The van der Waals surface area contributed by atoms with Gasteiger partial charge in [0.25, 0.3) is 0 Å². The molecule has 0 saturated heterocycles. The Kier molecular flexibility index (Phi) is 5.74. The first-order valence-electron chi connectivity index (χ1n) is 7.85. The number of hydrogen-bond acceptors (Lipinski definition) is 2. The highest BCUT2D eigenvalue weighted by Crippen LogP contribution is 2.38. The number of nitrogens with two attached hydrogens (primary N) is 1. The normalized spacial score (nSPS) is 17.4. The zero-order valence-corrected chi connectivity index (χ0v) is 12.5. The maximum absolute atomic E-state index is 13.5. The Hall–Kier alpha value is -1.42. The molecule has 1 amide bonds. The van der Waals surface area contributed by atoms with Crippen molar-refractivity contribution in [3.05, 3.63) is 35.6 Å². The lowest BCUT2D eigenvalue weighted by molar-refractivity contribution is -0.123. The Morgan fingerprint density at radius 3 is 2.62 bits per heavy atom. The molecule has 0 atom stereocenters. The topological polar surface area (TPSA) is 55.1 Å². The largest absolute Gasteiger partial charge is 0.356 e. The van der Waals surface area contributed by atoms with E-state index in [1.807, 2.05) is 6.07 Å². The fourth-order valence-electron chi connectivity index (χ4n) is 3.20. The Bertz CT molecular complexity index is 470. The summed E-state index contributed by atoms with van der Waals surface area (Å²) >= 11 is 0. The van der Waals surface area contributed by atoms with E-state index in [-0.39, 0.29) is 17.1 Å². The van der Waals surface area contributed by atoms with Crippen LogP contribution in [0, 0.1) is 11.2 Å². The first-order chi connectivity index (χ1) is 10.2. The molecule has 1 saturated carbocycles. The van der Waals surface area contributed by atoms with Crippen molar-refractivity contribution in [2.75, 3.05) is 13.1 Å². The van der Waals surface area contributed by atoms with Gasteiger partial charge in [-0.15, -0.1) is 0 Å². The molecule has 0 unspecified atom stereocenters. The molecule has 1 fully saturated rings. The number of halogens is 1. The van der Waals surface area contributed by atoms with Crippen LogP contribution in [-0.2, 0) is 11.2 Å². The molecule has 0 radical (unpaired) electrons. The minimum atomic E-state index is -0.211. The van der Waals surface area contributed by atoms with Crippen LogP contribution in [0.1, 0.15) is 44.1 Å². The summed E-state index contributed by atoms with van der Waals surface area (Å²) in [6.45, 7) is 1.05. The van der Waals surface area contributed by atoms with Gasteiger partial charge in [0.2, 0.25) is 5.91 Å². The van der Waals surface area contributed by atoms with Crippen molar-refractivity contribution >= 4 is 5.91 Å². The van der Waals surface area contributed by atoms with Crippen LogP contribution >= 0.6 is 0 Å². The van der Waals surface area contributed by atoms with Crippen molar-refractivity contribution in [1.29, 1.82) is 0 Å². The van der Waals surface area contributed by atoms with Gasteiger partial charge < -0.3 is 11.1 Å². The minimum Gasteiger partial charge on any atom is -0.356 e. The molecule has 2 rings (SSSR count). The molecule has 1 aliphatic rings. The lowest BCUT2D eigenvalue weighted by atomic mass is 9.71. The summed E-state index contributed by atoms with van der Waals surface area (Å²) in [6.07, 6.45) is 6.69. The van der Waals surface area contributed by atoms with E-state index >= 15 is 0 Å². The summed E-state index contributed by atoms with van der Waals surface area (Å²) < 4.78 is 13.5. The third kappa shape index (κ3) is 4.53. The average Bonchev–Trinajstić information content (AvgIpc) is 2.50. The minimum absolute atomic E-state index is 0.0136. The predicted octanol–water partition coefficient (Wildman–Crippen LogP) is 2.78. The lowest BCUT2D eigenvalue weighted by Gasteiger charge is -2.35. The second kappa shape index (κ2) is 7.55. The fraction of sp³-hybridized carbons (Fsp3) is 0.588. The first-order valence-corrected chi connectivity index (χ1v) is 7.85. The number of hydrogen-bond donors (Lipinski definition) is 2. The van der Waals surface area contributed by atoms with Crippen LogP contribution in [0.2, 0.25) is 0 Å². The van der Waals surface area contributed by atoms with E-state index in [4.69, 9.17) is 5.73 Å². The van der Waals surface area contributed by atoms with Gasteiger partial charge in [0.15, 0.2) is 0 Å². The second-order valence-corrected chi connectivity index (χ2v) is 6.13. The van der Waals surface area contributed by atoms with Crippen LogP contribution < -0.4 is 11.1 Å². The molecule has 0 spiro atoms.